The summed E-state index contributed by atoms with van der Waals surface area (Å²) in [7, 11) is 0. The van der Waals surface area contributed by atoms with E-state index in [1.54, 1.807) is 0 Å². The van der Waals surface area contributed by atoms with Gasteiger partial charge in [0.2, 0.25) is 0 Å². The number of aliphatic carboxylic acids is 1. The van der Waals surface area contributed by atoms with E-state index in [-0.39, 0.29) is 6.10 Å². The highest BCUT2D eigenvalue weighted by molar-refractivity contribution is 5.66. The van der Waals surface area contributed by atoms with E-state index in [4.69, 9.17) is 5.11 Å². The Morgan fingerprint density at radius 1 is 0.615 bits per heavy atom. The molecule has 0 aromatic heterocycles. The van der Waals surface area contributed by atoms with E-state index in [1.807, 2.05) is 0 Å². The normalized spacial score (nSPS) is 12.4. The number of unbranched alkanes of at least 4 members (excludes halogenated alkanes) is 15. The smallest absolute Gasteiger partial charge is 0.303 e. The molecule has 2 N–H and O–H groups in total. The molecule has 0 aliphatic heterocycles. The van der Waals surface area contributed by atoms with Gasteiger partial charge in [0.15, 0.2) is 0 Å². The molecule has 0 aromatic rings. The lowest BCUT2D eigenvalue weighted by Gasteiger charge is -2.10. The van der Waals surface area contributed by atoms with Crippen LogP contribution in [0.4, 0.5) is 0 Å². The van der Waals surface area contributed by atoms with Crippen LogP contribution in [0.15, 0.2) is 0 Å². The van der Waals surface area contributed by atoms with Gasteiger partial charge in [0, 0.05) is 6.42 Å². The van der Waals surface area contributed by atoms with Gasteiger partial charge < -0.3 is 10.2 Å². The third kappa shape index (κ3) is 21.5. The Labute approximate surface area is 163 Å². The number of aliphatic hydroxyl groups excluding tert-OH is 1. The standard InChI is InChI=1S/C23H46O3/c1-2-3-4-5-6-7-8-10-13-16-19-22(24)20-17-14-11-9-12-15-18-21-23(25)26/h22,24H,2-21H2,1H3,(H,25,26). The van der Waals surface area contributed by atoms with Crippen molar-refractivity contribution in [1.29, 1.82) is 0 Å². The Hall–Kier alpha value is -0.570. The van der Waals surface area contributed by atoms with Crippen LogP contribution >= 0.6 is 0 Å². The van der Waals surface area contributed by atoms with Gasteiger partial charge in [-0.3, -0.25) is 4.79 Å². The topological polar surface area (TPSA) is 57.5 Å². The lowest BCUT2D eigenvalue weighted by Crippen LogP contribution is -2.05. The van der Waals surface area contributed by atoms with Crippen LogP contribution in [0, 0.1) is 0 Å². The van der Waals surface area contributed by atoms with Crippen LogP contribution < -0.4 is 0 Å². The van der Waals surface area contributed by atoms with Gasteiger partial charge in [0.25, 0.3) is 0 Å². The Bertz CT molecular complexity index is 291. The Morgan fingerprint density at radius 3 is 1.35 bits per heavy atom. The van der Waals surface area contributed by atoms with Crippen molar-refractivity contribution in [2.45, 2.75) is 141 Å². The van der Waals surface area contributed by atoms with Crippen LogP contribution in [-0.4, -0.2) is 22.3 Å². The zero-order chi connectivity index (χ0) is 19.3. The molecule has 3 nitrogen and oxygen atoms in total. The van der Waals surface area contributed by atoms with E-state index in [9.17, 15) is 9.90 Å². The van der Waals surface area contributed by atoms with Crippen molar-refractivity contribution in [1.82, 2.24) is 0 Å². The maximum atomic E-state index is 10.4. The molecule has 0 saturated heterocycles. The first-order valence-corrected chi connectivity index (χ1v) is 11.6. The summed E-state index contributed by atoms with van der Waals surface area (Å²) < 4.78 is 0. The number of carboxylic acids is 1. The fourth-order valence-corrected chi connectivity index (χ4v) is 3.55. The Morgan fingerprint density at radius 2 is 0.962 bits per heavy atom. The van der Waals surface area contributed by atoms with Crippen LogP contribution in [0.2, 0.25) is 0 Å². The highest BCUT2D eigenvalue weighted by atomic mass is 16.4. The highest BCUT2D eigenvalue weighted by Crippen LogP contribution is 2.15. The molecule has 0 saturated carbocycles. The molecule has 0 amide bonds. The SMILES string of the molecule is CCCCCCCCCCCCC(O)CCCCCCCCCC(=O)O. The predicted octanol–water partition coefficient (Wildman–Crippen LogP) is 7.25. The first kappa shape index (κ1) is 25.4. The minimum atomic E-state index is -0.679. The van der Waals surface area contributed by atoms with Crippen molar-refractivity contribution in [2.75, 3.05) is 0 Å². The molecule has 3 heteroatoms. The molecule has 0 spiro atoms. The van der Waals surface area contributed by atoms with E-state index in [0.29, 0.717) is 6.42 Å². The second-order valence-electron chi connectivity index (χ2n) is 8.03. The maximum absolute atomic E-state index is 10.4. The van der Waals surface area contributed by atoms with E-state index in [1.165, 1.54) is 83.5 Å². The fourth-order valence-electron chi connectivity index (χ4n) is 3.55. The minimum Gasteiger partial charge on any atom is -0.481 e. The van der Waals surface area contributed by atoms with Crippen molar-refractivity contribution in [3.8, 4) is 0 Å². The summed E-state index contributed by atoms with van der Waals surface area (Å²) in [5.74, 6) is -0.679. The van der Waals surface area contributed by atoms with E-state index < -0.39 is 5.97 Å². The van der Waals surface area contributed by atoms with E-state index >= 15 is 0 Å². The number of rotatable bonds is 21. The fraction of sp³-hybridized carbons (Fsp3) is 0.957. The highest BCUT2D eigenvalue weighted by Gasteiger charge is 2.04. The van der Waals surface area contributed by atoms with Gasteiger partial charge in [-0.2, -0.15) is 0 Å². The molecule has 0 fully saturated rings. The summed E-state index contributed by atoms with van der Waals surface area (Å²) in [6.07, 6.45) is 23.4. The van der Waals surface area contributed by atoms with Crippen molar-refractivity contribution in [2.24, 2.45) is 0 Å². The number of hydrogen-bond acceptors (Lipinski definition) is 2. The Kier molecular flexibility index (Phi) is 20.3. The maximum Gasteiger partial charge on any atom is 0.303 e. The minimum absolute atomic E-state index is 0.0976. The predicted molar refractivity (Wildman–Crippen MR) is 112 cm³/mol. The lowest BCUT2D eigenvalue weighted by atomic mass is 10.0. The summed E-state index contributed by atoms with van der Waals surface area (Å²) in [4.78, 5) is 10.4. The Balaban J connectivity index is 3.15. The second kappa shape index (κ2) is 20.7. The zero-order valence-electron chi connectivity index (χ0n) is 17.5. The summed E-state index contributed by atoms with van der Waals surface area (Å²) in [6, 6.07) is 0. The molecule has 1 atom stereocenters. The van der Waals surface area contributed by atoms with Crippen LogP contribution in [0.25, 0.3) is 0 Å². The van der Waals surface area contributed by atoms with Gasteiger partial charge in [-0.1, -0.05) is 110 Å². The van der Waals surface area contributed by atoms with Gasteiger partial charge in [-0.15, -0.1) is 0 Å². The number of aliphatic hydroxyl groups is 1. The molecule has 0 heterocycles. The summed E-state index contributed by atoms with van der Waals surface area (Å²) >= 11 is 0. The molecule has 0 aromatic carbocycles. The summed E-state index contributed by atoms with van der Waals surface area (Å²) in [5, 5.41) is 18.6. The number of carbonyl (C=O) groups is 1. The molecule has 0 radical (unpaired) electrons. The summed E-state index contributed by atoms with van der Waals surface area (Å²) in [5.41, 5.74) is 0. The van der Waals surface area contributed by atoms with Crippen molar-refractivity contribution in [3.05, 3.63) is 0 Å². The zero-order valence-corrected chi connectivity index (χ0v) is 17.5. The molecule has 156 valence electrons. The average molecular weight is 371 g/mol. The van der Waals surface area contributed by atoms with Crippen LogP contribution in [-0.2, 0) is 4.79 Å². The molecule has 0 aliphatic rings. The lowest BCUT2D eigenvalue weighted by molar-refractivity contribution is -0.137. The van der Waals surface area contributed by atoms with Crippen molar-refractivity contribution in [3.63, 3.8) is 0 Å². The molecule has 0 aliphatic carbocycles. The van der Waals surface area contributed by atoms with Gasteiger partial charge in [0.05, 0.1) is 6.10 Å². The third-order valence-electron chi connectivity index (χ3n) is 5.32. The van der Waals surface area contributed by atoms with Crippen LogP contribution in [0.1, 0.15) is 135 Å². The van der Waals surface area contributed by atoms with Crippen LogP contribution in [0.3, 0.4) is 0 Å². The molecule has 0 rings (SSSR count). The first-order chi connectivity index (χ1) is 12.7. The van der Waals surface area contributed by atoms with Crippen molar-refractivity contribution < 1.29 is 15.0 Å². The van der Waals surface area contributed by atoms with E-state index in [2.05, 4.69) is 6.92 Å². The van der Waals surface area contributed by atoms with Gasteiger partial charge in [-0.25, -0.2) is 0 Å². The first-order valence-electron chi connectivity index (χ1n) is 11.6. The molecule has 26 heavy (non-hydrogen) atoms. The average Bonchev–Trinajstić information content (AvgIpc) is 2.61. The number of carboxylic acid groups (broad SMARTS) is 1. The summed E-state index contributed by atoms with van der Waals surface area (Å²) in [6.45, 7) is 2.27. The number of hydrogen-bond donors (Lipinski definition) is 2. The van der Waals surface area contributed by atoms with Crippen LogP contribution in [0.5, 0.6) is 0 Å². The van der Waals surface area contributed by atoms with E-state index in [0.717, 1.165) is 38.5 Å². The largest absolute Gasteiger partial charge is 0.481 e. The van der Waals surface area contributed by atoms with Crippen molar-refractivity contribution >= 4 is 5.97 Å². The monoisotopic (exact) mass is 370 g/mol. The molecular formula is C23H46O3. The van der Waals surface area contributed by atoms with Gasteiger partial charge >= 0.3 is 5.97 Å². The second-order valence-corrected chi connectivity index (χ2v) is 8.03. The van der Waals surface area contributed by atoms with Gasteiger partial charge in [-0.05, 0) is 19.3 Å². The molecule has 1 unspecified atom stereocenters. The quantitative estimate of drug-likeness (QED) is 0.209. The third-order valence-corrected chi connectivity index (χ3v) is 5.32. The molecular weight excluding hydrogens is 324 g/mol. The van der Waals surface area contributed by atoms with Gasteiger partial charge in [0.1, 0.15) is 0 Å². The molecule has 0 bridgehead atoms.